The summed E-state index contributed by atoms with van der Waals surface area (Å²) in [6.07, 6.45) is 6.90. The summed E-state index contributed by atoms with van der Waals surface area (Å²) in [5.74, 6) is 0.381. The Morgan fingerprint density at radius 3 is 2.94 bits per heavy atom. The largest absolute Gasteiger partial charge is 0.389 e. The van der Waals surface area contributed by atoms with Crippen LogP contribution >= 0.6 is 15.9 Å². The molecule has 2 unspecified atom stereocenters. The molecule has 2 atom stereocenters. The van der Waals surface area contributed by atoms with Gasteiger partial charge in [0.05, 0.1) is 5.60 Å². The Labute approximate surface area is 105 Å². The van der Waals surface area contributed by atoms with Crippen LogP contribution in [0, 0.1) is 5.92 Å². The van der Waals surface area contributed by atoms with Crippen molar-refractivity contribution in [1.29, 1.82) is 0 Å². The van der Waals surface area contributed by atoms with E-state index in [0.717, 1.165) is 29.4 Å². The summed E-state index contributed by atoms with van der Waals surface area (Å²) in [5.41, 5.74) is 0.443. The summed E-state index contributed by atoms with van der Waals surface area (Å²) >= 11 is 3.37. The molecule has 0 radical (unpaired) electrons. The van der Waals surface area contributed by atoms with Gasteiger partial charge in [-0.15, -0.1) is 0 Å². The molecular formula is C13H18BrNO. The molecule has 3 heteroatoms. The number of aromatic nitrogens is 1. The highest BCUT2D eigenvalue weighted by Gasteiger charge is 2.36. The molecule has 1 aliphatic carbocycles. The van der Waals surface area contributed by atoms with Gasteiger partial charge in [0.15, 0.2) is 0 Å². The maximum absolute atomic E-state index is 10.6. The summed E-state index contributed by atoms with van der Waals surface area (Å²) < 4.78 is 0.986. The van der Waals surface area contributed by atoms with Crippen molar-refractivity contribution in [2.24, 2.45) is 5.92 Å². The third-order valence-electron chi connectivity index (χ3n) is 3.69. The van der Waals surface area contributed by atoms with Crippen LogP contribution in [0.3, 0.4) is 0 Å². The molecule has 1 fully saturated rings. The zero-order chi connectivity index (χ0) is 11.6. The van der Waals surface area contributed by atoms with Gasteiger partial charge in [-0.25, -0.2) is 0 Å². The van der Waals surface area contributed by atoms with E-state index in [0.29, 0.717) is 12.3 Å². The second-order valence-electron chi connectivity index (χ2n) is 4.89. The van der Waals surface area contributed by atoms with Crippen LogP contribution in [0.4, 0.5) is 0 Å². The lowest BCUT2D eigenvalue weighted by molar-refractivity contribution is -0.0412. The lowest BCUT2D eigenvalue weighted by atomic mass is 9.74. The molecule has 16 heavy (non-hydrogen) atoms. The summed E-state index contributed by atoms with van der Waals surface area (Å²) in [7, 11) is 0. The van der Waals surface area contributed by atoms with Crippen LogP contribution in [0.15, 0.2) is 22.8 Å². The van der Waals surface area contributed by atoms with E-state index >= 15 is 0 Å². The second-order valence-corrected chi connectivity index (χ2v) is 5.81. The molecule has 1 saturated carbocycles. The van der Waals surface area contributed by atoms with Crippen LogP contribution in [0.1, 0.15) is 38.3 Å². The van der Waals surface area contributed by atoms with E-state index in [-0.39, 0.29) is 0 Å². The van der Waals surface area contributed by atoms with Crippen LogP contribution in [0.5, 0.6) is 0 Å². The van der Waals surface area contributed by atoms with Crippen molar-refractivity contribution in [3.05, 3.63) is 28.5 Å². The zero-order valence-electron chi connectivity index (χ0n) is 9.62. The van der Waals surface area contributed by atoms with Crippen LogP contribution in [0.25, 0.3) is 0 Å². The molecule has 2 rings (SSSR count). The van der Waals surface area contributed by atoms with Crippen molar-refractivity contribution in [1.82, 2.24) is 4.98 Å². The molecule has 0 aromatic carbocycles. The van der Waals surface area contributed by atoms with E-state index in [2.05, 4.69) is 27.8 Å². The van der Waals surface area contributed by atoms with Gasteiger partial charge in [0.2, 0.25) is 0 Å². The molecule has 0 aliphatic heterocycles. The van der Waals surface area contributed by atoms with Crippen molar-refractivity contribution in [2.45, 2.75) is 44.6 Å². The highest BCUT2D eigenvalue weighted by molar-refractivity contribution is 9.10. The van der Waals surface area contributed by atoms with Crippen molar-refractivity contribution >= 4 is 15.9 Å². The Morgan fingerprint density at radius 2 is 2.31 bits per heavy atom. The first kappa shape index (κ1) is 12.1. The molecule has 1 heterocycles. The lowest BCUT2D eigenvalue weighted by Gasteiger charge is -2.38. The first-order valence-electron chi connectivity index (χ1n) is 5.93. The van der Waals surface area contributed by atoms with Crippen LogP contribution < -0.4 is 0 Å². The summed E-state index contributed by atoms with van der Waals surface area (Å²) in [4.78, 5) is 4.35. The van der Waals surface area contributed by atoms with Crippen LogP contribution in [-0.2, 0) is 6.42 Å². The molecule has 0 amide bonds. The Bertz CT molecular complexity index is 351. The van der Waals surface area contributed by atoms with E-state index in [9.17, 15) is 5.11 Å². The van der Waals surface area contributed by atoms with Gasteiger partial charge in [0.25, 0.3) is 0 Å². The van der Waals surface area contributed by atoms with Crippen LogP contribution in [0.2, 0.25) is 0 Å². The number of pyridine rings is 1. The predicted molar refractivity (Wildman–Crippen MR) is 68.2 cm³/mol. The average molecular weight is 284 g/mol. The quantitative estimate of drug-likeness (QED) is 0.903. The third kappa shape index (κ3) is 2.64. The van der Waals surface area contributed by atoms with Crippen LogP contribution in [-0.4, -0.2) is 15.7 Å². The molecule has 1 N–H and O–H groups in total. The maximum Gasteiger partial charge on any atom is 0.0728 e. The highest BCUT2D eigenvalue weighted by atomic mass is 79.9. The molecule has 88 valence electrons. The van der Waals surface area contributed by atoms with E-state index in [1.165, 1.54) is 6.42 Å². The maximum atomic E-state index is 10.6. The van der Waals surface area contributed by atoms with Gasteiger partial charge in [-0.2, -0.15) is 0 Å². The van der Waals surface area contributed by atoms with Gasteiger partial charge in [0.1, 0.15) is 0 Å². The number of rotatable bonds is 2. The Hall–Kier alpha value is -0.410. The topological polar surface area (TPSA) is 33.1 Å². The molecule has 0 spiro atoms. The minimum Gasteiger partial charge on any atom is -0.389 e. The lowest BCUT2D eigenvalue weighted by Crippen LogP contribution is -2.41. The standard InChI is InChI=1S/C13H18BrNO/c1-10-4-2-3-7-13(10,16)8-12-6-5-11(14)9-15-12/h5-6,9-10,16H,2-4,7-8H2,1H3. The second kappa shape index (κ2) is 4.84. The Morgan fingerprint density at radius 1 is 1.50 bits per heavy atom. The first-order chi connectivity index (χ1) is 7.60. The van der Waals surface area contributed by atoms with Gasteiger partial charge in [-0.05, 0) is 46.8 Å². The van der Waals surface area contributed by atoms with Gasteiger partial charge in [-0.3, -0.25) is 4.98 Å². The zero-order valence-corrected chi connectivity index (χ0v) is 11.2. The summed E-state index contributed by atoms with van der Waals surface area (Å²) in [5, 5.41) is 10.6. The number of nitrogens with zero attached hydrogens (tertiary/aromatic N) is 1. The Balaban J connectivity index is 2.10. The van der Waals surface area contributed by atoms with Crippen molar-refractivity contribution < 1.29 is 5.11 Å². The Kier molecular flexibility index (Phi) is 3.65. The van der Waals surface area contributed by atoms with E-state index in [4.69, 9.17) is 0 Å². The normalized spacial score (nSPS) is 30.3. The van der Waals surface area contributed by atoms with Gasteiger partial charge < -0.3 is 5.11 Å². The van der Waals surface area contributed by atoms with E-state index < -0.39 is 5.60 Å². The van der Waals surface area contributed by atoms with E-state index in [1.807, 2.05) is 12.1 Å². The molecule has 1 aromatic heterocycles. The monoisotopic (exact) mass is 283 g/mol. The molecular weight excluding hydrogens is 266 g/mol. The fraction of sp³-hybridized carbons (Fsp3) is 0.615. The average Bonchev–Trinajstić information content (AvgIpc) is 2.26. The number of hydrogen-bond acceptors (Lipinski definition) is 2. The molecule has 1 aromatic rings. The van der Waals surface area contributed by atoms with E-state index in [1.54, 1.807) is 6.20 Å². The summed E-state index contributed by atoms with van der Waals surface area (Å²) in [6.45, 7) is 2.15. The number of hydrogen-bond donors (Lipinski definition) is 1. The predicted octanol–water partition coefficient (Wildman–Crippen LogP) is 3.33. The number of aliphatic hydroxyl groups is 1. The minimum atomic E-state index is -0.543. The van der Waals surface area contributed by atoms with Crippen molar-refractivity contribution in [2.75, 3.05) is 0 Å². The smallest absolute Gasteiger partial charge is 0.0728 e. The van der Waals surface area contributed by atoms with Gasteiger partial charge in [0, 0.05) is 22.8 Å². The third-order valence-corrected chi connectivity index (χ3v) is 4.16. The van der Waals surface area contributed by atoms with Gasteiger partial charge in [-0.1, -0.05) is 19.8 Å². The molecule has 0 bridgehead atoms. The highest BCUT2D eigenvalue weighted by Crippen LogP contribution is 2.35. The summed E-state index contributed by atoms with van der Waals surface area (Å²) in [6, 6.07) is 3.97. The number of halogens is 1. The minimum absolute atomic E-state index is 0.381. The van der Waals surface area contributed by atoms with Crippen molar-refractivity contribution in [3.63, 3.8) is 0 Å². The molecule has 2 nitrogen and oxygen atoms in total. The van der Waals surface area contributed by atoms with Crippen molar-refractivity contribution in [3.8, 4) is 0 Å². The fourth-order valence-electron chi connectivity index (χ4n) is 2.48. The van der Waals surface area contributed by atoms with Gasteiger partial charge >= 0.3 is 0 Å². The molecule has 1 aliphatic rings. The molecule has 0 saturated heterocycles. The SMILES string of the molecule is CC1CCCCC1(O)Cc1ccc(Br)cn1. The fourth-order valence-corrected chi connectivity index (χ4v) is 2.72. The first-order valence-corrected chi connectivity index (χ1v) is 6.72.